The van der Waals surface area contributed by atoms with E-state index in [1.807, 2.05) is 17.9 Å². The van der Waals surface area contributed by atoms with E-state index in [1.54, 1.807) is 12.1 Å². The maximum absolute atomic E-state index is 11.0. The van der Waals surface area contributed by atoms with Gasteiger partial charge in [0.2, 0.25) is 0 Å². The van der Waals surface area contributed by atoms with Crippen molar-refractivity contribution in [1.29, 1.82) is 5.26 Å². The second-order valence-corrected chi connectivity index (χ2v) is 4.94. The number of anilines is 1. The lowest BCUT2D eigenvalue weighted by molar-refractivity contribution is -0.160. The van der Waals surface area contributed by atoms with Crippen LogP contribution in [0.4, 0.5) is 5.69 Å². The van der Waals surface area contributed by atoms with Crippen molar-refractivity contribution in [2.24, 2.45) is 0 Å². The molecule has 0 radical (unpaired) electrons. The summed E-state index contributed by atoms with van der Waals surface area (Å²) in [6.45, 7) is 2.89. The highest BCUT2D eigenvalue weighted by Crippen LogP contribution is 2.29. The molecule has 1 aromatic rings. The van der Waals surface area contributed by atoms with Crippen LogP contribution in [0, 0.1) is 18.3 Å². The Hall–Kier alpha value is -2.06. The van der Waals surface area contributed by atoms with Crippen LogP contribution < -0.4 is 4.90 Å². The molecule has 2 rings (SSSR count). The number of nitriles is 1. The maximum atomic E-state index is 11.0. The van der Waals surface area contributed by atoms with Crippen molar-refractivity contribution in [3.05, 3.63) is 29.3 Å². The molecule has 19 heavy (non-hydrogen) atoms. The molecule has 0 aliphatic carbocycles. The molecule has 1 aliphatic rings. The molecule has 0 spiro atoms. The van der Waals surface area contributed by atoms with Crippen molar-refractivity contribution in [3.8, 4) is 6.07 Å². The Kier molecular flexibility index (Phi) is 3.45. The zero-order valence-electron chi connectivity index (χ0n) is 10.8. The molecule has 1 fully saturated rings. The van der Waals surface area contributed by atoms with Gasteiger partial charge in [-0.2, -0.15) is 5.26 Å². The first-order valence-electron chi connectivity index (χ1n) is 6.18. The number of aliphatic carboxylic acids is 1. The van der Waals surface area contributed by atoms with Crippen LogP contribution in [0.1, 0.15) is 24.0 Å². The second kappa shape index (κ2) is 4.90. The van der Waals surface area contributed by atoms with Crippen LogP contribution in [-0.2, 0) is 4.79 Å². The van der Waals surface area contributed by atoms with Gasteiger partial charge in [-0.3, -0.25) is 0 Å². The van der Waals surface area contributed by atoms with Gasteiger partial charge in [-0.1, -0.05) is 6.07 Å². The van der Waals surface area contributed by atoms with Gasteiger partial charge in [0.05, 0.1) is 11.6 Å². The highest BCUT2D eigenvalue weighted by Gasteiger charge is 2.39. The van der Waals surface area contributed by atoms with Crippen LogP contribution in [-0.4, -0.2) is 34.9 Å². The Morgan fingerprint density at radius 3 is 2.58 bits per heavy atom. The number of benzene rings is 1. The van der Waals surface area contributed by atoms with E-state index in [4.69, 9.17) is 10.4 Å². The largest absolute Gasteiger partial charge is 0.479 e. The average Bonchev–Trinajstić information content (AvgIpc) is 2.40. The lowest BCUT2D eigenvalue weighted by atomic mass is 9.91. The second-order valence-electron chi connectivity index (χ2n) is 4.94. The first kappa shape index (κ1) is 13.4. The molecular weight excluding hydrogens is 244 g/mol. The first-order chi connectivity index (χ1) is 8.96. The minimum absolute atomic E-state index is 0.193. The summed E-state index contributed by atoms with van der Waals surface area (Å²) in [5, 5.41) is 27.8. The van der Waals surface area contributed by atoms with E-state index >= 15 is 0 Å². The monoisotopic (exact) mass is 260 g/mol. The zero-order valence-corrected chi connectivity index (χ0v) is 10.8. The molecule has 1 aromatic carbocycles. The fourth-order valence-corrected chi connectivity index (χ4v) is 2.35. The molecular formula is C14H16N2O3. The summed E-state index contributed by atoms with van der Waals surface area (Å²) in [5.74, 6) is -1.16. The maximum Gasteiger partial charge on any atom is 0.335 e. The smallest absolute Gasteiger partial charge is 0.335 e. The van der Waals surface area contributed by atoms with Crippen LogP contribution in [0.2, 0.25) is 0 Å². The van der Waals surface area contributed by atoms with Crippen molar-refractivity contribution in [1.82, 2.24) is 0 Å². The van der Waals surface area contributed by atoms with Crippen molar-refractivity contribution in [2.45, 2.75) is 25.4 Å². The Morgan fingerprint density at radius 2 is 2.05 bits per heavy atom. The fourth-order valence-electron chi connectivity index (χ4n) is 2.35. The van der Waals surface area contributed by atoms with Crippen LogP contribution in [0.5, 0.6) is 0 Å². The number of rotatable bonds is 2. The summed E-state index contributed by atoms with van der Waals surface area (Å²) in [7, 11) is 0. The molecule has 1 heterocycles. The predicted octanol–water partition coefficient (Wildman–Crippen LogP) is 1.28. The molecule has 100 valence electrons. The van der Waals surface area contributed by atoms with Gasteiger partial charge in [0.25, 0.3) is 0 Å². The SMILES string of the molecule is Cc1ccc(C#N)cc1N1CCC(O)(C(=O)O)CC1. The first-order valence-corrected chi connectivity index (χ1v) is 6.18. The topological polar surface area (TPSA) is 84.6 Å². The molecule has 5 nitrogen and oxygen atoms in total. The molecule has 0 aromatic heterocycles. The molecule has 5 heteroatoms. The van der Waals surface area contributed by atoms with E-state index in [-0.39, 0.29) is 12.8 Å². The molecule has 0 amide bonds. The van der Waals surface area contributed by atoms with E-state index in [9.17, 15) is 9.90 Å². The Labute approximate surface area is 111 Å². The number of piperidine rings is 1. The lowest BCUT2D eigenvalue weighted by Crippen LogP contribution is -2.49. The number of carbonyl (C=O) groups is 1. The van der Waals surface area contributed by atoms with Crippen molar-refractivity contribution in [3.63, 3.8) is 0 Å². The van der Waals surface area contributed by atoms with Gasteiger partial charge in [-0.05, 0) is 24.6 Å². The molecule has 1 aliphatic heterocycles. The number of carboxylic acid groups (broad SMARTS) is 1. The summed E-state index contributed by atoms with van der Waals surface area (Å²) in [5.41, 5.74) is 0.947. The minimum atomic E-state index is -1.61. The highest BCUT2D eigenvalue weighted by molar-refractivity contribution is 5.77. The van der Waals surface area contributed by atoms with Crippen molar-refractivity contribution < 1.29 is 15.0 Å². The van der Waals surface area contributed by atoms with Crippen LogP contribution in [0.25, 0.3) is 0 Å². The summed E-state index contributed by atoms with van der Waals surface area (Å²) < 4.78 is 0. The third-order valence-electron chi connectivity index (χ3n) is 3.67. The number of hydrogen-bond donors (Lipinski definition) is 2. The summed E-state index contributed by atoms with van der Waals surface area (Å²) in [6, 6.07) is 7.55. The fraction of sp³-hybridized carbons (Fsp3) is 0.429. The molecule has 0 atom stereocenters. The highest BCUT2D eigenvalue weighted by atomic mass is 16.4. The van der Waals surface area contributed by atoms with Crippen molar-refractivity contribution >= 4 is 11.7 Å². The van der Waals surface area contributed by atoms with Gasteiger partial charge in [-0.15, -0.1) is 0 Å². The van der Waals surface area contributed by atoms with E-state index < -0.39 is 11.6 Å². The molecule has 0 unspecified atom stereocenters. The Bertz CT molecular complexity index is 540. The van der Waals surface area contributed by atoms with Gasteiger partial charge >= 0.3 is 5.97 Å². The third-order valence-corrected chi connectivity index (χ3v) is 3.67. The summed E-state index contributed by atoms with van der Waals surface area (Å²) in [6.07, 6.45) is 0.386. The van der Waals surface area contributed by atoms with E-state index in [2.05, 4.69) is 6.07 Å². The number of nitrogens with zero attached hydrogens (tertiary/aromatic N) is 2. The van der Waals surface area contributed by atoms with E-state index in [1.165, 1.54) is 0 Å². The van der Waals surface area contributed by atoms with Gasteiger partial charge in [0.15, 0.2) is 5.60 Å². The van der Waals surface area contributed by atoms with Crippen molar-refractivity contribution in [2.75, 3.05) is 18.0 Å². The molecule has 1 saturated heterocycles. The minimum Gasteiger partial charge on any atom is -0.479 e. The van der Waals surface area contributed by atoms with E-state index in [0.717, 1.165) is 11.3 Å². The average molecular weight is 260 g/mol. The molecule has 0 bridgehead atoms. The van der Waals surface area contributed by atoms with Gasteiger partial charge < -0.3 is 15.1 Å². The number of hydrogen-bond acceptors (Lipinski definition) is 4. The van der Waals surface area contributed by atoms with Gasteiger partial charge in [-0.25, -0.2) is 4.79 Å². The zero-order chi connectivity index (χ0) is 14.0. The Morgan fingerprint density at radius 1 is 1.42 bits per heavy atom. The summed E-state index contributed by atoms with van der Waals surface area (Å²) >= 11 is 0. The van der Waals surface area contributed by atoms with Crippen LogP contribution in [0.3, 0.4) is 0 Å². The van der Waals surface area contributed by atoms with E-state index in [0.29, 0.717) is 18.7 Å². The number of aryl methyl sites for hydroxylation is 1. The summed E-state index contributed by atoms with van der Waals surface area (Å²) in [4.78, 5) is 13.0. The van der Waals surface area contributed by atoms with Crippen LogP contribution in [0.15, 0.2) is 18.2 Å². The van der Waals surface area contributed by atoms with Gasteiger partial charge in [0, 0.05) is 31.6 Å². The normalized spacial score (nSPS) is 17.8. The third kappa shape index (κ3) is 2.54. The van der Waals surface area contributed by atoms with Crippen LogP contribution >= 0.6 is 0 Å². The molecule has 0 saturated carbocycles. The molecule has 2 N–H and O–H groups in total. The quantitative estimate of drug-likeness (QED) is 0.836. The Balaban J connectivity index is 2.18. The number of aliphatic hydroxyl groups is 1. The standard InChI is InChI=1S/C14H16N2O3/c1-10-2-3-11(9-15)8-12(10)16-6-4-14(19,5-7-16)13(17)18/h2-3,8,19H,4-7H2,1H3,(H,17,18). The predicted molar refractivity (Wildman–Crippen MR) is 69.9 cm³/mol. The number of carboxylic acids is 1. The van der Waals surface area contributed by atoms with Gasteiger partial charge in [0.1, 0.15) is 0 Å². The lowest BCUT2D eigenvalue weighted by Gasteiger charge is -2.37.